The second-order valence-corrected chi connectivity index (χ2v) is 3.69. The van der Waals surface area contributed by atoms with Crippen molar-refractivity contribution in [3.63, 3.8) is 0 Å². The number of benzene rings is 1. The first-order valence-electron chi connectivity index (χ1n) is 5.34. The zero-order valence-electron chi connectivity index (χ0n) is 9.50. The summed E-state index contributed by atoms with van der Waals surface area (Å²) in [6.45, 7) is 4.95. The van der Waals surface area contributed by atoms with Gasteiger partial charge in [-0.3, -0.25) is 0 Å². The van der Waals surface area contributed by atoms with Crippen LogP contribution in [0.25, 0.3) is 0 Å². The van der Waals surface area contributed by atoms with Crippen molar-refractivity contribution >= 4 is 11.6 Å². The number of hydrogen-bond acceptors (Lipinski definition) is 2. The van der Waals surface area contributed by atoms with Crippen molar-refractivity contribution in [3.05, 3.63) is 34.6 Å². The molecular weight excluding hydrogens is 231 g/mol. The van der Waals surface area contributed by atoms with Gasteiger partial charge in [-0.1, -0.05) is 17.7 Å². The van der Waals surface area contributed by atoms with Gasteiger partial charge >= 0.3 is 0 Å². The predicted molar refractivity (Wildman–Crippen MR) is 62.2 cm³/mol. The molecule has 1 aromatic rings. The first kappa shape index (κ1) is 13.4. The Hall–Kier alpha value is -0.640. The van der Waals surface area contributed by atoms with Crippen molar-refractivity contribution in [2.45, 2.75) is 26.6 Å². The van der Waals surface area contributed by atoms with Crippen LogP contribution in [0.4, 0.5) is 4.39 Å². The normalized spacial score (nSPS) is 11.1. The average Bonchev–Trinajstić information content (AvgIpc) is 2.23. The van der Waals surface area contributed by atoms with E-state index in [2.05, 4.69) is 0 Å². The molecule has 0 radical (unpaired) electrons. The van der Waals surface area contributed by atoms with Crippen LogP contribution in [0.1, 0.15) is 19.4 Å². The molecule has 90 valence electrons. The summed E-state index contributed by atoms with van der Waals surface area (Å²) in [5, 5.41) is 0.407. The van der Waals surface area contributed by atoms with Crippen LogP contribution in [0, 0.1) is 5.82 Å². The van der Waals surface area contributed by atoms with E-state index in [0.29, 0.717) is 24.7 Å². The Morgan fingerprint density at radius 1 is 1.25 bits per heavy atom. The third kappa shape index (κ3) is 4.08. The summed E-state index contributed by atoms with van der Waals surface area (Å²) >= 11 is 5.92. The SMILES string of the molecule is CCOC(Cc1ccc(F)cc1Cl)OCC. The molecule has 0 aliphatic heterocycles. The molecule has 0 heterocycles. The first-order valence-corrected chi connectivity index (χ1v) is 5.72. The van der Waals surface area contributed by atoms with Crippen molar-refractivity contribution in [1.29, 1.82) is 0 Å². The van der Waals surface area contributed by atoms with Crippen LogP contribution in [0.15, 0.2) is 18.2 Å². The molecule has 16 heavy (non-hydrogen) atoms. The number of hydrogen-bond donors (Lipinski definition) is 0. The molecule has 1 rings (SSSR count). The minimum atomic E-state index is -0.335. The van der Waals surface area contributed by atoms with E-state index in [4.69, 9.17) is 21.1 Å². The van der Waals surface area contributed by atoms with Crippen LogP contribution in [0.3, 0.4) is 0 Å². The lowest BCUT2D eigenvalue weighted by Crippen LogP contribution is -2.20. The molecule has 0 atom stereocenters. The molecule has 0 unspecified atom stereocenters. The monoisotopic (exact) mass is 246 g/mol. The molecule has 0 bridgehead atoms. The van der Waals surface area contributed by atoms with Crippen molar-refractivity contribution in [1.82, 2.24) is 0 Å². The highest BCUT2D eigenvalue weighted by Gasteiger charge is 2.11. The van der Waals surface area contributed by atoms with Gasteiger partial charge in [-0.15, -0.1) is 0 Å². The Morgan fingerprint density at radius 2 is 1.88 bits per heavy atom. The van der Waals surface area contributed by atoms with E-state index in [9.17, 15) is 4.39 Å². The average molecular weight is 247 g/mol. The van der Waals surface area contributed by atoms with Crippen molar-refractivity contribution in [2.75, 3.05) is 13.2 Å². The predicted octanol–water partition coefficient (Wildman–Crippen LogP) is 3.42. The fourth-order valence-electron chi connectivity index (χ4n) is 1.40. The summed E-state index contributed by atoms with van der Waals surface area (Å²) in [6.07, 6.45) is 0.207. The van der Waals surface area contributed by atoms with Crippen LogP contribution in [-0.4, -0.2) is 19.5 Å². The van der Waals surface area contributed by atoms with E-state index in [1.165, 1.54) is 12.1 Å². The summed E-state index contributed by atoms with van der Waals surface area (Å²) in [6, 6.07) is 4.34. The third-order valence-corrected chi connectivity index (χ3v) is 2.46. The van der Waals surface area contributed by atoms with Gasteiger partial charge in [-0.05, 0) is 31.5 Å². The maximum Gasteiger partial charge on any atom is 0.161 e. The van der Waals surface area contributed by atoms with Gasteiger partial charge in [0.2, 0.25) is 0 Å². The zero-order chi connectivity index (χ0) is 12.0. The fourth-order valence-corrected chi connectivity index (χ4v) is 1.65. The summed E-state index contributed by atoms with van der Waals surface area (Å²) in [4.78, 5) is 0. The van der Waals surface area contributed by atoms with Gasteiger partial charge in [0.05, 0.1) is 0 Å². The quantitative estimate of drug-likeness (QED) is 0.716. The van der Waals surface area contributed by atoms with Gasteiger partial charge in [-0.25, -0.2) is 4.39 Å². The minimum Gasteiger partial charge on any atom is -0.353 e. The molecule has 1 aromatic carbocycles. The van der Waals surface area contributed by atoms with Gasteiger partial charge in [-0.2, -0.15) is 0 Å². The number of halogens is 2. The highest BCUT2D eigenvalue weighted by molar-refractivity contribution is 6.31. The van der Waals surface area contributed by atoms with Gasteiger partial charge < -0.3 is 9.47 Å². The lowest BCUT2D eigenvalue weighted by atomic mass is 10.1. The molecule has 0 saturated carbocycles. The Kier molecular flexibility index (Phi) is 5.74. The lowest BCUT2D eigenvalue weighted by Gasteiger charge is -2.17. The van der Waals surface area contributed by atoms with E-state index < -0.39 is 0 Å². The second kappa shape index (κ2) is 6.84. The van der Waals surface area contributed by atoms with Gasteiger partial charge in [0.15, 0.2) is 6.29 Å². The van der Waals surface area contributed by atoms with Crippen LogP contribution >= 0.6 is 11.6 Å². The standard InChI is InChI=1S/C12H16ClFO2/c1-3-15-12(16-4-2)7-9-5-6-10(14)8-11(9)13/h5-6,8,12H,3-4,7H2,1-2H3. The second-order valence-electron chi connectivity index (χ2n) is 3.28. The smallest absolute Gasteiger partial charge is 0.161 e. The Labute approximate surface area is 100 Å². The Morgan fingerprint density at radius 3 is 2.38 bits per heavy atom. The van der Waals surface area contributed by atoms with Gasteiger partial charge in [0.1, 0.15) is 5.82 Å². The molecule has 0 spiro atoms. The topological polar surface area (TPSA) is 18.5 Å². The highest BCUT2D eigenvalue weighted by atomic mass is 35.5. The van der Waals surface area contributed by atoms with Crippen LogP contribution < -0.4 is 0 Å². The van der Waals surface area contributed by atoms with Gasteiger partial charge in [0, 0.05) is 24.7 Å². The van der Waals surface area contributed by atoms with Crippen molar-refractivity contribution in [3.8, 4) is 0 Å². The molecule has 0 aromatic heterocycles. The van der Waals surface area contributed by atoms with Crippen LogP contribution in [0.5, 0.6) is 0 Å². The fraction of sp³-hybridized carbons (Fsp3) is 0.500. The Balaban J connectivity index is 2.68. The van der Waals surface area contributed by atoms with Crippen molar-refractivity contribution in [2.24, 2.45) is 0 Å². The molecule has 4 heteroatoms. The molecule has 2 nitrogen and oxygen atoms in total. The summed E-state index contributed by atoms with van der Waals surface area (Å²) < 4.78 is 23.6. The molecule has 0 aliphatic carbocycles. The van der Waals surface area contributed by atoms with Crippen molar-refractivity contribution < 1.29 is 13.9 Å². The maximum absolute atomic E-state index is 12.8. The highest BCUT2D eigenvalue weighted by Crippen LogP contribution is 2.19. The van der Waals surface area contributed by atoms with E-state index in [0.717, 1.165) is 5.56 Å². The third-order valence-electron chi connectivity index (χ3n) is 2.11. The molecule has 0 amide bonds. The van der Waals surface area contributed by atoms with E-state index in [-0.39, 0.29) is 12.1 Å². The van der Waals surface area contributed by atoms with E-state index in [1.54, 1.807) is 6.07 Å². The molecule has 0 saturated heterocycles. The van der Waals surface area contributed by atoms with E-state index >= 15 is 0 Å². The maximum atomic E-state index is 12.8. The summed E-state index contributed by atoms with van der Waals surface area (Å²) in [5.41, 5.74) is 0.829. The largest absolute Gasteiger partial charge is 0.353 e. The molecule has 0 fully saturated rings. The molecular formula is C12H16ClFO2. The number of rotatable bonds is 6. The first-order chi connectivity index (χ1) is 7.67. The molecule has 0 N–H and O–H groups in total. The van der Waals surface area contributed by atoms with Crippen LogP contribution in [-0.2, 0) is 15.9 Å². The van der Waals surface area contributed by atoms with Crippen LogP contribution in [0.2, 0.25) is 5.02 Å². The zero-order valence-corrected chi connectivity index (χ0v) is 10.3. The van der Waals surface area contributed by atoms with E-state index in [1.807, 2.05) is 13.8 Å². The number of ether oxygens (including phenoxy) is 2. The summed E-state index contributed by atoms with van der Waals surface area (Å²) in [5.74, 6) is -0.335. The Bertz CT molecular complexity index is 325. The van der Waals surface area contributed by atoms with Gasteiger partial charge in [0.25, 0.3) is 0 Å². The molecule has 0 aliphatic rings. The lowest BCUT2D eigenvalue weighted by molar-refractivity contribution is -0.134. The minimum absolute atomic E-state index is 0.321. The summed E-state index contributed by atoms with van der Waals surface area (Å²) in [7, 11) is 0.